The second-order valence-corrected chi connectivity index (χ2v) is 11.0. The van der Waals surface area contributed by atoms with Crippen molar-refractivity contribution in [3.05, 3.63) is 22.4 Å². The van der Waals surface area contributed by atoms with Crippen molar-refractivity contribution in [3.8, 4) is 0 Å². The molecular formula is C22H30N4O4S. The molecule has 4 rings (SSSR count). The highest BCUT2D eigenvalue weighted by Crippen LogP contribution is 2.30. The second kappa shape index (κ2) is 8.26. The highest BCUT2D eigenvalue weighted by Gasteiger charge is 2.52. The molecule has 4 unspecified atom stereocenters. The molecule has 3 saturated heterocycles. The molecule has 168 valence electrons. The predicted molar refractivity (Wildman–Crippen MR) is 116 cm³/mol. The summed E-state index contributed by atoms with van der Waals surface area (Å²) in [6.45, 7) is 6.73. The van der Waals surface area contributed by atoms with Gasteiger partial charge in [-0.2, -0.15) is 0 Å². The Hall–Kier alpha value is -2.42. The fraction of sp³-hybridized carbons (Fsp3) is 0.636. The third-order valence-corrected chi connectivity index (χ3v) is 7.02. The zero-order chi connectivity index (χ0) is 22.3. The topological polar surface area (TPSA) is 98.8 Å². The summed E-state index contributed by atoms with van der Waals surface area (Å²) in [6.07, 6.45) is 1.61. The molecule has 4 amide bonds. The van der Waals surface area contributed by atoms with Crippen molar-refractivity contribution in [2.45, 2.75) is 70.6 Å². The van der Waals surface area contributed by atoms with Gasteiger partial charge in [-0.1, -0.05) is 26.8 Å². The Kier molecular flexibility index (Phi) is 5.81. The lowest BCUT2D eigenvalue weighted by Gasteiger charge is -2.29. The third kappa shape index (κ3) is 4.61. The van der Waals surface area contributed by atoms with Gasteiger partial charge in [0, 0.05) is 30.4 Å². The summed E-state index contributed by atoms with van der Waals surface area (Å²) in [4.78, 5) is 55.8. The van der Waals surface area contributed by atoms with Crippen molar-refractivity contribution in [1.82, 2.24) is 20.4 Å². The highest BCUT2D eigenvalue weighted by molar-refractivity contribution is 7.10. The molecular weight excluding hydrogens is 416 g/mol. The Balaban J connectivity index is 1.47. The van der Waals surface area contributed by atoms with Gasteiger partial charge >= 0.3 is 0 Å². The maximum Gasteiger partial charge on any atom is 0.248 e. The molecule has 4 heterocycles. The number of amides is 4. The number of nitrogens with zero attached hydrogens (tertiary/aromatic N) is 2. The van der Waals surface area contributed by atoms with E-state index in [9.17, 15) is 19.2 Å². The van der Waals surface area contributed by atoms with Gasteiger partial charge < -0.3 is 20.4 Å². The first-order valence-electron chi connectivity index (χ1n) is 10.8. The van der Waals surface area contributed by atoms with Crippen LogP contribution in [0.3, 0.4) is 0 Å². The van der Waals surface area contributed by atoms with Gasteiger partial charge in [-0.25, -0.2) is 0 Å². The van der Waals surface area contributed by atoms with Crippen LogP contribution in [0.4, 0.5) is 0 Å². The van der Waals surface area contributed by atoms with Crippen LogP contribution in [0.15, 0.2) is 17.5 Å². The molecule has 3 aliphatic rings. The van der Waals surface area contributed by atoms with E-state index in [4.69, 9.17) is 0 Å². The number of hydrogen-bond donors (Lipinski definition) is 2. The number of carbonyl (C=O) groups excluding carboxylic acids is 4. The average Bonchev–Trinajstić information content (AvgIpc) is 3.37. The number of hydrogen-bond acceptors (Lipinski definition) is 5. The predicted octanol–water partition coefficient (Wildman–Crippen LogP) is 0.912. The van der Waals surface area contributed by atoms with Crippen molar-refractivity contribution in [2.75, 3.05) is 13.1 Å². The molecule has 0 spiro atoms. The average molecular weight is 447 g/mol. The zero-order valence-electron chi connectivity index (χ0n) is 18.2. The molecule has 2 N–H and O–H groups in total. The molecule has 0 saturated carbocycles. The van der Waals surface area contributed by atoms with E-state index < -0.39 is 12.1 Å². The molecule has 0 aliphatic carbocycles. The molecule has 0 aromatic carbocycles. The summed E-state index contributed by atoms with van der Waals surface area (Å²) in [5, 5.41) is 7.90. The zero-order valence-corrected chi connectivity index (χ0v) is 19.0. The summed E-state index contributed by atoms with van der Waals surface area (Å²) in [5.74, 6) is -0.557. The number of likely N-dealkylation sites (tertiary alicyclic amines) is 1. The Labute approximate surface area is 186 Å². The van der Waals surface area contributed by atoms with Crippen LogP contribution in [0.25, 0.3) is 0 Å². The Morgan fingerprint density at radius 2 is 2.06 bits per heavy atom. The minimum Gasteiger partial charge on any atom is -0.351 e. The molecule has 31 heavy (non-hydrogen) atoms. The van der Waals surface area contributed by atoms with Crippen LogP contribution in [-0.4, -0.2) is 70.7 Å². The van der Waals surface area contributed by atoms with Gasteiger partial charge in [0.1, 0.15) is 12.1 Å². The number of carbonyl (C=O) groups is 4. The molecule has 0 bridgehead atoms. The van der Waals surface area contributed by atoms with Crippen LogP contribution >= 0.6 is 11.3 Å². The van der Waals surface area contributed by atoms with E-state index >= 15 is 0 Å². The van der Waals surface area contributed by atoms with Gasteiger partial charge in [-0.05, 0) is 29.7 Å². The maximum atomic E-state index is 13.5. The van der Waals surface area contributed by atoms with E-state index in [0.717, 1.165) is 4.88 Å². The molecule has 4 atom stereocenters. The van der Waals surface area contributed by atoms with Crippen molar-refractivity contribution in [3.63, 3.8) is 0 Å². The van der Waals surface area contributed by atoms with Gasteiger partial charge in [-0.3, -0.25) is 19.2 Å². The molecule has 1 aromatic rings. The number of fused-ring (bicyclic) bond motifs is 2. The normalized spacial score (nSPS) is 28.1. The lowest BCUT2D eigenvalue weighted by Crippen LogP contribution is -2.53. The van der Waals surface area contributed by atoms with Crippen molar-refractivity contribution < 1.29 is 19.2 Å². The SMILES string of the molecule is CC(C)(C)CC(=O)NC1CC2C(=O)NC3CCN(C(=O)Cc4cccs4)C3C(=O)N2C1. The van der Waals surface area contributed by atoms with E-state index in [1.54, 1.807) is 9.80 Å². The Morgan fingerprint density at radius 1 is 1.29 bits per heavy atom. The smallest absolute Gasteiger partial charge is 0.248 e. The summed E-state index contributed by atoms with van der Waals surface area (Å²) >= 11 is 1.52. The van der Waals surface area contributed by atoms with Crippen LogP contribution in [0, 0.1) is 5.41 Å². The van der Waals surface area contributed by atoms with Crippen LogP contribution in [0.1, 0.15) is 44.9 Å². The highest BCUT2D eigenvalue weighted by atomic mass is 32.1. The van der Waals surface area contributed by atoms with E-state index in [1.165, 1.54) is 11.3 Å². The van der Waals surface area contributed by atoms with E-state index in [1.807, 2.05) is 38.3 Å². The fourth-order valence-electron chi connectivity index (χ4n) is 4.83. The number of rotatable bonds is 4. The van der Waals surface area contributed by atoms with E-state index in [-0.39, 0.29) is 47.5 Å². The summed E-state index contributed by atoms with van der Waals surface area (Å²) in [7, 11) is 0. The van der Waals surface area contributed by atoms with Gasteiger partial charge in [-0.15, -0.1) is 11.3 Å². The Morgan fingerprint density at radius 3 is 2.74 bits per heavy atom. The minimum atomic E-state index is -0.676. The second-order valence-electron chi connectivity index (χ2n) is 9.94. The molecule has 1 aromatic heterocycles. The third-order valence-electron chi connectivity index (χ3n) is 6.15. The lowest BCUT2D eigenvalue weighted by molar-refractivity contribution is -0.144. The molecule has 3 aliphatic heterocycles. The maximum absolute atomic E-state index is 13.5. The summed E-state index contributed by atoms with van der Waals surface area (Å²) in [5.41, 5.74) is -0.138. The minimum absolute atomic E-state index is 0.0745. The van der Waals surface area contributed by atoms with Crippen molar-refractivity contribution >= 4 is 35.0 Å². The van der Waals surface area contributed by atoms with E-state index in [2.05, 4.69) is 10.6 Å². The van der Waals surface area contributed by atoms with Crippen LogP contribution in [-0.2, 0) is 25.6 Å². The Bertz CT molecular complexity index is 879. The van der Waals surface area contributed by atoms with Gasteiger partial charge in [0.15, 0.2) is 0 Å². The van der Waals surface area contributed by atoms with E-state index in [0.29, 0.717) is 32.4 Å². The molecule has 9 heteroatoms. The van der Waals surface area contributed by atoms with Crippen LogP contribution in [0.2, 0.25) is 0 Å². The first kappa shape index (κ1) is 21.8. The molecule has 3 fully saturated rings. The van der Waals surface area contributed by atoms with Gasteiger partial charge in [0.25, 0.3) is 0 Å². The largest absolute Gasteiger partial charge is 0.351 e. The van der Waals surface area contributed by atoms with Crippen LogP contribution in [0.5, 0.6) is 0 Å². The standard InChI is InChI=1S/C22H30N4O4S/c1-22(2,3)11-17(27)23-13-9-16-20(29)24-15-6-7-25(19(15)21(30)26(16)12-13)18(28)10-14-5-4-8-31-14/h4-5,8,13,15-16,19H,6-7,9-12H2,1-3H3,(H,23,27)(H,24,29). The van der Waals surface area contributed by atoms with Crippen molar-refractivity contribution in [1.29, 1.82) is 0 Å². The van der Waals surface area contributed by atoms with Crippen LogP contribution < -0.4 is 10.6 Å². The van der Waals surface area contributed by atoms with Gasteiger partial charge in [0.2, 0.25) is 23.6 Å². The lowest BCUT2D eigenvalue weighted by atomic mass is 9.92. The first-order valence-corrected chi connectivity index (χ1v) is 11.7. The molecule has 8 nitrogen and oxygen atoms in total. The molecule has 0 radical (unpaired) electrons. The summed E-state index contributed by atoms with van der Waals surface area (Å²) < 4.78 is 0. The first-order chi connectivity index (χ1) is 14.6. The summed E-state index contributed by atoms with van der Waals surface area (Å²) in [6, 6.07) is 1.92. The van der Waals surface area contributed by atoms with Gasteiger partial charge in [0.05, 0.1) is 12.5 Å². The number of nitrogens with one attached hydrogen (secondary N) is 2. The fourth-order valence-corrected chi connectivity index (χ4v) is 5.53. The van der Waals surface area contributed by atoms with Crippen molar-refractivity contribution in [2.24, 2.45) is 5.41 Å². The number of thiophene rings is 1. The monoisotopic (exact) mass is 446 g/mol. The quantitative estimate of drug-likeness (QED) is 0.718.